The van der Waals surface area contributed by atoms with Crippen molar-refractivity contribution < 1.29 is 9.90 Å². The van der Waals surface area contributed by atoms with Crippen molar-refractivity contribution in [3.05, 3.63) is 42.2 Å². The number of nitrogens with one attached hydrogen (secondary N) is 1. The number of rotatable bonds is 4. The average Bonchev–Trinajstić information content (AvgIpc) is 2.82. The SMILES string of the molecule is C[C@](N)(Cc1cccc(-c2ncc[nH]2)c1)C(=O)O. The Morgan fingerprint density at radius 2 is 2.33 bits per heavy atom. The molecule has 1 heterocycles. The maximum absolute atomic E-state index is 11.0. The molecule has 0 saturated heterocycles. The largest absolute Gasteiger partial charge is 0.480 e. The van der Waals surface area contributed by atoms with Crippen molar-refractivity contribution in [3.8, 4) is 11.4 Å². The monoisotopic (exact) mass is 245 g/mol. The minimum atomic E-state index is -1.26. The molecule has 0 radical (unpaired) electrons. The number of imidazole rings is 1. The van der Waals surface area contributed by atoms with Crippen LogP contribution in [0.15, 0.2) is 36.7 Å². The molecular formula is C13H15N3O2. The number of carbonyl (C=O) groups is 1. The van der Waals surface area contributed by atoms with Crippen LogP contribution in [0.1, 0.15) is 12.5 Å². The van der Waals surface area contributed by atoms with E-state index in [4.69, 9.17) is 10.8 Å². The van der Waals surface area contributed by atoms with E-state index in [9.17, 15) is 4.79 Å². The van der Waals surface area contributed by atoms with Gasteiger partial charge in [-0.25, -0.2) is 4.98 Å². The lowest BCUT2D eigenvalue weighted by atomic mass is 9.93. The Bertz CT molecular complexity index is 547. The molecule has 0 bridgehead atoms. The first kappa shape index (κ1) is 12.3. The zero-order valence-electron chi connectivity index (χ0n) is 10.1. The second-order valence-electron chi connectivity index (χ2n) is 4.54. The highest BCUT2D eigenvalue weighted by molar-refractivity contribution is 5.78. The molecule has 1 aromatic carbocycles. The lowest BCUT2D eigenvalue weighted by molar-refractivity contribution is -0.142. The zero-order valence-corrected chi connectivity index (χ0v) is 10.1. The Kier molecular flexibility index (Phi) is 3.16. The van der Waals surface area contributed by atoms with Crippen molar-refractivity contribution in [3.63, 3.8) is 0 Å². The fourth-order valence-electron chi connectivity index (χ4n) is 1.75. The Hall–Kier alpha value is -2.14. The van der Waals surface area contributed by atoms with Crippen LogP contribution in [0, 0.1) is 0 Å². The molecule has 0 amide bonds. The van der Waals surface area contributed by atoms with Crippen molar-refractivity contribution in [2.75, 3.05) is 0 Å². The molecule has 0 aliphatic rings. The molecule has 0 spiro atoms. The summed E-state index contributed by atoms with van der Waals surface area (Å²) in [7, 11) is 0. The molecule has 0 aliphatic heterocycles. The second-order valence-corrected chi connectivity index (χ2v) is 4.54. The summed E-state index contributed by atoms with van der Waals surface area (Å²) < 4.78 is 0. The first-order valence-corrected chi connectivity index (χ1v) is 5.60. The van der Waals surface area contributed by atoms with Crippen molar-refractivity contribution in [2.24, 2.45) is 5.73 Å². The third-order valence-corrected chi connectivity index (χ3v) is 2.76. The van der Waals surface area contributed by atoms with Crippen LogP contribution in [0.25, 0.3) is 11.4 Å². The molecule has 0 fully saturated rings. The van der Waals surface area contributed by atoms with Crippen LogP contribution in [-0.2, 0) is 11.2 Å². The summed E-state index contributed by atoms with van der Waals surface area (Å²) in [6, 6.07) is 7.54. The third kappa shape index (κ3) is 2.57. The van der Waals surface area contributed by atoms with E-state index in [-0.39, 0.29) is 6.42 Å². The van der Waals surface area contributed by atoms with E-state index in [1.54, 1.807) is 12.4 Å². The van der Waals surface area contributed by atoms with Crippen molar-refractivity contribution in [2.45, 2.75) is 18.9 Å². The number of nitrogens with two attached hydrogens (primary N) is 1. The topological polar surface area (TPSA) is 92.0 Å². The average molecular weight is 245 g/mol. The number of aromatic nitrogens is 2. The second kappa shape index (κ2) is 4.62. The lowest BCUT2D eigenvalue weighted by Gasteiger charge is -2.19. The Labute approximate surface area is 105 Å². The number of aliphatic carboxylic acids is 1. The van der Waals surface area contributed by atoms with Crippen molar-refractivity contribution in [1.29, 1.82) is 0 Å². The van der Waals surface area contributed by atoms with Gasteiger partial charge in [-0.15, -0.1) is 0 Å². The van der Waals surface area contributed by atoms with E-state index < -0.39 is 11.5 Å². The number of nitrogens with zero attached hydrogens (tertiary/aromatic N) is 1. The highest BCUT2D eigenvalue weighted by atomic mass is 16.4. The predicted octanol–water partition coefficient (Wildman–Crippen LogP) is 1.42. The highest BCUT2D eigenvalue weighted by Crippen LogP contribution is 2.19. The fourth-order valence-corrected chi connectivity index (χ4v) is 1.75. The van der Waals surface area contributed by atoms with E-state index in [1.165, 1.54) is 6.92 Å². The van der Waals surface area contributed by atoms with E-state index in [1.807, 2.05) is 24.3 Å². The number of hydrogen-bond acceptors (Lipinski definition) is 3. The zero-order chi connectivity index (χ0) is 13.2. The van der Waals surface area contributed by atoms with Gasteiger partial charge < -0.3 is 15.8 Å². The molecular weight excluding hydrogens is 230 g/mol. The van der Waals surface area contributed by atoms with E-state index in [2.05, 4.69) is 9.97 Å². The molecule has 1 aromatic heterocycles. The van der Waals surface area contributed by atoms with Crippen molar-refractivity contribution in [1.82, 2.24) is 9.97 Å². The summed E-state index contributed by atoms with van der Waals surface area (Å²) in [5, 5.41) is 9.01. The van der Waals surface area contributed by atoms with Gasteiger partial charge in [0.05, 0.1) is 0 Å². The van der Waals surface area contributed by atoms with Crippen LogP contribution >= 0.6 is 0 Å². The van der Waals surface area contributed by atoms with Gasteiger partial charge in [-0.2, -0.15) is 0 Å². The van der Waals surface area contributed by atoms with Crippen LogP contribution in [-0.4, -0.2) is 26.6 Å². The molecule has 2 rings (SSSR count). The van der Waals surface area contributed by atoms with E-state index in [0.717, 1.165) is 17.0 Å². The fraction of sp³-hybridized carbons (Fsp3) is 0.231. The van der Waals surface area contributed by atoms with Crippen LogP contribution in [0.4, 0.5) is 0 Å². The molecule has 2 aromatic rings. The van der Waals surface area contributed by atoms with Gasteiger partial charge in [0.15, 0.2) is 0 Å². The molecule has 94 valence electrons. The number of carboxylic acids is 1. The summed E-state index contributed by atoms with van der Waals surface area (Å²) in [5.41, 5.74) is 6.26. The number of carboxylic acid groups (broad SMARTS) is 1. The Morgan fingerprint density at radius 3 is 2.94 bits per heavy atom. The molecule has 1 atom stereocenters. The van der Waals surface area contributed by atoms with Crippen LogP contribution in [0.3, 0.4) is 0 Å². The molecule has 0 aliphatic carbocycles. The number of H-pyrrole nitrogens is 1. The number of hydrogen-bond donors (Lipinski definition) is 3. The standard InChI is InChI=1S/C13H15N3O2/c1-13(14,12(17)18)8-9-3-2-4-10(7-9)11-15-5-6-16-11/h2-7H,8,14H2,1H3,(H,15,16)(H,17,18)/t13-/m0/s1. The highest BCUT2D eigenvalue weighted by Gasteiger charge is 2.28. The minimum absolute atomic E-state index is 0.275. The maximum atomic E-state index is 11.0. The molecule has 5 heteroatoms. The van der Waals surface area contributed by atoms with Gasteiger partial charge in [-0.05, 0) is 18.6 Å². The summed E-state index contributed by atoms with van der Waals surface area (Å²) in [4.78, 5) is 18.2. The number of aromatic amines is 1. The van der Waals surface area contributed by atoms with Gasteiger partial charge in [-0.3, -0.25) is 4.79 Å². The Morgan fingerprint density at radius 1 is 1.56 bits per heavy atom. The third-order valence-electron chi connectivity index (χ3n) is 2.76. The first-order chi connectivity index (χ1) is 8.49. The Balaban J connectivity index is 2.26. The summed E-state index contributed by atoms with van der Waals surface area (Å²) in [6.07, 6.45) is 3.69. The van der Waals surface area contributed by atoms with Gasteiger partial charge in [0.2, 0.25) is 0 Å². The van der Waals surface area contributed by atoms with E-state index >= 15 is 0 Å². The molecule has 5 nitrogen and oxygen atoms in total. The van der Waals surface area contributed by atoms with Crippen LogP contribution in [0.5, 0.6) is 0 Å². The van der Waals surface area contributed by atoms with Gasteiger partial charge in [0, 0.05) is 24.4 Å². The van der Waals surface area contributed by atoms with Gasteiger partial charge in [0.25, 0.3) is 0 Å². The lowest BCUT2D eigenvalue weighted by Crippen LogP contribution is -2.46. The normalized spacial score (nSPS) is 14.1. The van der Waals surface area contributed by atoms with Crippen LogP contribution < -0.4 is 5.73 Å². The number of benzene rings is 1. The predicted molar refractivity (Wildman–Crippen MR) is 68.0 cm³/mol. The molecule has 0 saturated carbocycles. The smallest absolute Gasteiger partial charge is 0.323 e. The summed E-state index contributed by atoms with van der Waals surface area (Å²) in [6.45, 7) is 1.51. The van der Waals surface area contributed by atoms with Gasteiger partial charge in [0.1, 0.15) is 11.4 Å². The molecule has 0 unspecified atom stereocenters. The van der Waals surface area contributed by atoms with E-state index in [0.29, 0.717) is 0 Å². The molecule has 18 heavy (non-hydrogen) atoms. The van der Waals surface area contributed by atoms with Gasteiger partial charge in [-0.1, -0.05) is 18.2 Å². The first-order valence-electron chi connectivity index (χ1n) is 5.60. The summed E-state index contributed by atoms with van der Waals surface area (Å²) >= 11 is 0. The maximum Gasteiger partial charge on any atom is 0.323 e. The quantitative estimate of drug-likeness (QED) is 0.759. The van der Waals surface area contributed by atoms with Gasteiger partial charge >= 0.3 is 5.97 Å². The van der Waals surface area contributed by atoms with Crippen LogP contribution in [0.2, 0.25) is 0 Å². The molecule has 4 N–H and O–H groups in total. The summed E-state index contributed by atoms with van der Waals surface area (Å²) in [5.74, 6) is -0.253. The van der Waals surface area contributed by atoms with Crippen molar-refractivity contribution >= 4 is 5.97 Å². The minimum Gasteiger partial charge on any atom is -0.480 e.